The zero-order valence-electron chi connectivity index (χ0n) is 20.8. The van der Waals surface area contributed by atoms with E-state index in [1.807, 2.05) is 0 Å². The van der Waals surface area contributed by atoms with E-state index in [2.05, 4.69) is 19.9 Å². The first-order valence-electron chi connectivity index (χ1n) is 14.2. The number of ketones is 1. The standard InChI is InChI=1S/C30H50O/c1-22-3-5-25(6-4-22)20-27-11-15-29(16-12-27)23(2)19-24-7-9-26(10-8-24)21-28-13-17-30(31)18-14-28/h19,22,24-29H,3-18,20-21H2,1-2H3. The molecule has 0 atom stereocenters. The van der Waals surface area contributed by atoms with Gasteiger partial charge in [-0.05, 0) is 125 Å². The molecule has 4 fully saturated rings. The Hall–Kier alpha value is -0.590. The second kappa shape index (κ2) is 11.5. The van der Waals surface area contributed by atoms with Gasteiger partial charge in [-0.1, -0.05) is 44.3 Å². The topological polar surface area (TPSA) is 17.1 Å². The van der Waals surface area contributed by atoms with Gasteiger partial charge in [0.25, 0.3) is 0 Å². The third-order valence-electron chi connectivity index (χ3n) is 10.0. The van der Waals surface area contributed by atoms with Crippen molar-refractivity contribution in [1.29, 1.82) is 0 Å². The van der Waals surface area contributed by atoms with E-state index in [9.17, 15) is 4.79 Å². The van der Waals surface area contributed by atoms with Gasteiger partial charge in [0.1, 0.15) is 5.78 Å². The number of carbonyl (C=O) groups excluding carboxylic acids is 1. The van der Waals surface area contributed by atoms with Crippen LogP contribution in [-0.4, -0.2) is 5.78 Å². The maximum Gasteiger partial charge on any atom is 0.132 e. The van der Waals surface area contributed by atoms with Gasteiger partial charge in [-0.25, -0.2) is 0 Å². The quantitative estimate of drug-likeness (QED) is 0.387. The Labute approximate surface area is 193 Å². The van der Waals surface area contributed by atoms with Crippen LogP contribution in [0.25, 0.3) is 0 Å². The van der Waals surface area contributed by atoms with Crippen LogP contribution in [0.4, 0.5) is 0 Å². The number of rotatable bonds is 6. The van der Waals surface area contributed by atoms with Gasteiger partial charge in [-0.2, -0.15) is 0 Å². The first kappa shape index (κ1) is 23.6. The maximum atomic E-state index is 11.5. The highest BCUT2D eigenvalue weighted by atomic mass is 16.1. The minimum Gasteiger partial charge on any atom is -0.300 e. The number of Topliss-reactive ketones (excluding diaryl/α,β-unsaturated/α-hetero) is 1. The average molecular weight is 427 g/mol. The Morgan fingerprint density at radius 2 is 1.13 bits per heavy atom. The molecule has 176 valence electrons. The lowest BCUT2D eigenvalue weighted by Crippen LogP contribution is -2.22. The number of hydrogen-bond donors (Lipinski definition) is 0. The molecule has 0 heterocycles. The molecule has 0 aromatic rings. The highest BCUT2D eigenvalue weighted by molar-refractivity contribution is 5.79. The third kappa shape index (κ3) is 7.20. The summed E-state index contributed by atoms with van der Waals surface area (Å²) in [4.78, 5) is 11.5. The predicted octanol–water partition coefficient (Wildman–Crippen LogP) is 8.91. The van der Waals surface area contributed by atoms with Crippen LogP contribution in [-0.2, 0) is 4.79 Å². The second-order valence-corrected chi connectivity index (χ2v) is 12.5. The normalized spacial score (nSPS) is 38.9. The van der Waals surface area contributed by atoms with E-state index in [0.29, 0.717) is 5.78 Å². The molecule has 31 heavy (non-hydrogen) atoms. The summed E-state index contributed by atoms with van der Waals surface area (Å²) in [5.74, 6) is 7.13. The van der Waals surface area contributed by atoms with Crippen LogP contribution in [0.2, 0.25) is 0 Å². The van der Waals surface area contributed by atoms with Crippen molar-refractivity contribution in [3.05, 3.63) is 11.6 Å². The van der Waals surface area contributed by atoms with E-state index in [1.165, 1.54) is 96.3 Å². The van der Waals surface area contributed by atoms with Crippen LogP contribution in [0.3, 0.4) is 0 Å². The summed E-state index contributed by atoms with van der Waals surface area (Å²) in [5, 5.41) is 0. The molecular formula is C30H50O. The lowest BCUT2D eigenvalue weighted by atomic mass is 9.71. The molecule has 0 spiro atoms. The van der Waals surface area contributed by atoms with Crippen LogP contribution < -0.4 is 0 Å². The molecule has 0 radical (unpaired) electrons. The molecule has 0 unspecified atom stereocenters. The molecule has 4 rings (SSSR count). The molecule has 4 saturated carbocycles. The largest absolute Gasteiger partial charge is 0.300 e. The van der Waals surface area contributed by atoms with E-state index in [4.69, 9.17) is 0 Å². The highest BCUT2D eigenvalue weighted by Crippen LogP contribution is 2.41. The Morgan fingerprint density at radius 1 is 0.677 bits per heavy atom. The van der Waals surface area contributed by atoms with Gasteiger partial charge in [0.15, 0.2) is 0 Å². The zero-order valence-corrected chi connectivity index (χ0v) is 20.8. The molecule has 1 heteroatoms. The fraction of sp³-hybridized carbons (Fsp3) is 0.900. The molecule has 4 aliphatic rings. The van der Waals surface area contributed by atoms with E-state index in [1.54, 1.807) is 12.0 Å². The van der Waals surface area contributed by atoms with E-state index >= 15 is 0 Å². The van der Waals surface area contributed by atoms with Gasteiger partial charge in [-0.3, -0.25) is 4.79 Å². The molecule has 1 nitrogen and oxygen atoms in total. The summed E-state index contributed by atoms with van der Waals surface area (Å²) < 4.78 is 0. The second-order valence-electron chi connectivity index (χ2n) is 12.5. The summed E-state index contributed by atoms with van der Waals surface area (Å²) in [7, 11) is 0. The molecule has 0 aromatic carbocycles. The van der Waals surface area contributed by atoms with Crippen molar-refractivity contribution >= 4 is 5.78 Å². The SMILES string of the molecule is CC(=CC1CCC(CC2CCC(=O)CC2)CC1)C1CCC(CC2CCC(C)CC2)CC1. The van der Waals surface area contributed by atoms with Gasteiger partial charge < -0.3 is 0 Å². The van der Waals surface area contributed by atoms with Crippen LogP contribution in [0, 0.1) is 41.4 Å². The Kier molecular flexibility index (Phi) is 8.75. The first-order chi connectivity index (χ1) is 15.0. The molecule has 0 saturated heterocycles. The van der Waals surface area contributed by atoms with Gasteiger partial charge >= 0.3 is 0 Å². The van der Waals surface area contributed by atoms with Gasteiger partial charge in [0, 0.05) is 12.8 Å². The molecule has 0 aliphatic heterocycles. The Morgan fingerprint density at radius 3 is 1.68 bits per heavy atom. The monoisotopic (exact) mass is 426 g/mol. The first-order valence-corrected chi connectivity index (χ1v) is 14.2. The molecule has 0 aromatic heterocycles. The van der Waals surface area contributed by atoms with Gasteiger partial charge in [0.05, 0.1) is 0 Å². The molecule has 0 N–H and O–H groups in total. The minimum absolute atomic E-state index is 0.512. The van der Waals surface area contributed by atoms with Crippen LogP contribution in [0.5, 0.6) is 0 Å². The number of carbonyl (C=O) groups is 1. The Bertz CT molecular complexity index is 570. The van der Waals surface area contributed by atoms with E-state index in [-0.39, 0.29) is 0 Å². The maximum absolute atomic E-state index is 11.5. The predicted molar refractivity (Wildman–Crippen MR) is 132 cm³/mol. The molecule has 0 bridgehead atoms. The van der Waals surface area contributed by atoms with E-state index < -0.39 is 0 Å². The fourth-order valence-corrected chi connectivity index (χ4v) is 7.69. The van der Waals surface area contributed by atoms with Crippen LogP contribution >= 0.6 is 0 Å². The molecule has 0 amide bonds. The summed E-state index contributed by atoms with van der Waals surface area (Å²) >= 11 is 0. The van der Waals surface area contributed by atoms with Gasteiger partial charge in [0.2, 0.25) is 0 Å². The summed E-state index contributed by atoms with van der Waals surface area (Å²) in [6.45, 7) is 4.90. The van der Waals surface area contributed by atoms with Crippen molar-refractivity contribution in [2.24, 2.45) is 41.4 Å². The fourth-order valence-electron chi connectivity index (χ4n) is 7.69. The highest BCUT2D eigenvalue weighted by Gasteiger charge is 2.28. The van der Waals surface area contributed by atoms with Gasteiger partial charge in [-0.15, -0.1) is 0 Å². The van der Waals surface area contributed by atoms with E-state index in [0.717, 1.165) is 54.3 Å². The lowest BCUT2D eigenvalue weighted by Gasteiger charge is -2.34. The smallest absolute Gasteiger partial charge is 0.132 e. The van der Waals surface area contributed by atoms with Crippen LogP contribution in [0.15, 0.2) is 11.6 Å². The summed E-state index contributed by atoms with van der Waals surface area (Å²) in [6.07, 6.45) is 27.4. The zero-order chi connectivity index (χ0) is 21.6. The van der Waals surface area contributed by atoms with Crippen molar-refractivity contribution in [3.8, 4) is 0 Å². The number of allylic oxidation sites excluding steroid dienone is 2. The summed E-state index contributed by atoms with van der Waals surface area (Å²) in [5.41, 5.74) is 1.74. The van der Waals surface area contributed by atoms with Crippen molar-refractivity contribution < 1.29 is 4.79 Å². The van der Waals surface area contributed by atoms with Crippen molar-refractivity contribution in [1.82, 2.24) is 0 Å². The number of hydrogen-bond acceptors (Lipinski definition) is 1. The Balaban J connectivity index is 1.14. The third-order valence-corrected chi connectivity index (χ3v) is 10.0. The van der Waals surface area contributed by atoms with Crippen LogP contribution in [0.1, 0.15) is 129 Å². The average Bonchev–Trinajstić information content (AvgIpc) is 2.79. The summed E-state index contributed by atoms with van der Waals surface area (Å²) in [6, 6.07) is 0. The molecule has 4 aliphatic carbocycles. The molecular weight excluding hydrogens is 376 g/mol. The minimum atomic E-state index is 0.512. The van der Waals surface area contributed by atoms with Crippen molar-refractivity contribution in [2.45, 2.75) is 129 Å². The van der Waals surface area contributed by atoms with Crippen molar-refractivity contribution in [2.75, 3.05) is 0 Å². The van der Waals surface area contributed by atoms with Crippen molar-refractivity contribution in [3.63, 3.8) is 0 Å². The lowest BCUT2D eigenvalue weighted by molar-refractivity contribution is -0.121.